The van der Waals surface area contributed by atoms with Crippen molar-refractivity contribution >= 4 is 34.8 Å². The highest BCUT2D eigenvalue weighted by Crippen LogP contribution is 2.35. The van der Waals surface area contributed by atoms with Crippen molar-refractivity contribution < 1.29 is 19.1 Å². The van der Waals surface area contributed by atoms with E-state index in [0.717, 1.165) is 60.7 Å². The quantitative estimate of drug-likeness (QED) is 0.0998. The van der Waals surface area contributed by atoms with E-state index >= 15 is 0 Å². The number of anilines is 4. The van der Waals surface area contributed by atoms with Crippen molar-refractivity contribution in [3.63, 3.8) is 0 Å². The molecule has 0 unspecified atom stereocenters. The number of carbonyl (C=O) groups is 2. The topological polar surface area (TPSA) is 121 Å². The molecule has 0 bridgehead atoms. The Bertz CT molecular complexity index is 2010. The van der Waals surface area contributed by atoms with Crippen LogP contribution in [0.5, 0.6) is 17.4 Å². The number of benzene rings is 4. The van der Waals surface area contributed by atoms with Gasteiger partial charge in [0, 0.05) is 62.4 Å². The molecule has 5 aromatic rings. The Kier molecular flexibility index (Phi) is 12.7. The molecule has 0 atom stereocenters. The van der Waals surface area contributed by atoms with Gasteiger partial charge < -0.3 is 30.3 Å². The average molecular weight is 728 g/mol. The maximum absolute atomic E-state index is 13.8. The fraction of sp³-hybridized carbons (Fsp3) is 0.302. The van der Waals surface area contributed by atoms with Crippen LogP contribution in [0.1, 0.15) is 52.4 Å². The molecule has 0 radical (unpaired) electrons. The molecule has 11 heteroatoms. The Morgan fingerprint density at radius 3 is 2.28 bits per heavy atom. The van der Waals surface area contributed by atoms with Crippen molar-refractivity contribution in [2.24, 2.45) is 0 Å². The van der Waals surface area contributed by atoms with E-state index < -0.39 is 5.91 Å². The fourth-order valence-electron chi connectivity index (χ4n) is 6.49. The van der Waals surface area contributed by atoms with Crippen molar-refractivity contribution in [2.45, 2.75) is 46.6 Å². The highest BCUT2D eigenvalue weighted by molar-refractivity contribution is 6.06. The van der Waals surface area contributed by atoms with Gasteiger partial charge in [0.25, 0.3) is 5.91 Å². The molecule has 11 nitrogen and oxygen atoms in total. The monoisotopic (exact) mass is 727 g/mol. The first kappa shape index (κ1) is 37.8. The molecular weight excluding hydrogens is 679 g/mol. The highest BCUT2D eigenvalue weighted by atomic mass is 16.5. The number of aryl methyl sites for hydroxylation is 3. The van der Waals surface area contributed by atoms with E-state index in [0.29, 0.717) is 30.2 Å². The molecule has 1 aliphatic heterocycles. The summed E-state index contributed by atoms with van der Waals surface area (Å²) in [6.45, 7) is 11.8. The minimum absolute atomic E-state index is 0.0499. The second kappa shape index (κ2) is 18.2. The van der Waals surface area contributed by atoms with E-state index in [2.05, 4.69) is 49.8 Å². The second-order valence-corrected chi connectivity index (χ2v) is 13.5. The number of hydrogen-bond acceptors (Lipinski definition) is 9. The van der Waals surface area contributed by atoms with Gasteiger partial charge in [0.1, 0.15) is 5.56 Å². The Morgan fingerprint density at radius 1 is 0.833 bits per heavy atom. The molecule has 6 rings (SSSR count). The van der Waals surface area contributed by atoms with Crippen molar-refractivity contribution in [3.8, 4) is 17.4 Å². The Balaban J connectivity index is 1.21. The van der Waals surface area contributed by atoms with Gasteiger partial charge in [-0.15, -0.1) is 0 Å². The van der Waals surface area contributed by atoms with Crippen molar-refractivity contribution in [1.29, 1.82) is 0 Å². The number of nitrogens with one attached hydrogen (secondary N) is 3. The van der Waals surface area contributed by atoms with Crippen molar-refractivity contribution in [1.82, 2.24) is 20.2 Å². The summed E-state index contributed by atoms with van der Waals surface area (Å²) in [5.41, 5.74) is 6.59. The molecule has 0 saturated carbocycles. The Labute approximate surface area is 317 Å². The van der Waals surface area contributed by atoms with Crippen LogP contribution in [0.4, 0.5) is 23.0 Å². The van der Waals surface area contributed by atoms with Crippen LogP contribution in [0, 0.1) is 13.8 Å². The molecule has 4 aromatic carbocycles. The van der Waals surface area contributed by atoms with Crippen LogP contribution >= 0.6 is 0 Å². The molecule has 3 N–H and O–H groups in total. The smallest absolute Gasteiger partial charge is 0.262 e. The van der Waals surface area contributed by atoms with E-state index in [1.807, 2.05) is 86.6 Å². The molecule has 0 aliphatic carbocycles. The van der Waals surface area contributed by atoms with Crippen LogP contribution < -0.4 is 30.3 Å². The van der Waals surface area contributed by atoms with Crippen LogP contribution in [0.3, 0.4) is 0 Å². The third-order valence-electron chi connectivity index (χ3n) is 9.53. The Hall–Kier alpha value is -5.94. The Morgan fingerprint density at radius 2 is 1.57 bits per heavy atom. The summed E-state index contributed by atoms with van der Waals surface area (Å²) in [5.74, 6) is 0.648. The van der Waals surface area contributed by atoms with Crippen LogP contribution in [0.25, 0.3) is 0 Å². The largest absolute Gasteiger partial charge is 0.493 e. The lowest BCUT2D eigenvalue weighted by Gasteiger charge is -2.36. The van der Waals surface area contributed by atoms with Gasteiger partial charge in [0.2, 0.25) is 17.7 Å². The number of piperazine rings is 1. The second-order valence-electron chi connectivity index (χ2n) is 13.5. The van der Waals surface area contributed by atoms with E-state index in [4.69, 9.17) is 14.5 Å². The molecule has 0 spiro atoms. The van der Waals surface area contributed by atoms with Gasteiger partial charge in [0.15, 0.2) is 11.5 Å². The maximum Gasteiger partial charge on any atom is 0.262 e. The van der Waals surface area contributed by atoms with Gasteiger partial charge in [-0.3, -0.25) is 14.5 Å². The van der Waals surface area contributed by atoms with Crippen LogP contribution in [0.15, 0.2) is 97.2 Å². The predicted molar refractivity (Wildman–Crippen MR) is 214 cm³/mol. The lowest BCUT2D eigenvalue weighted by molar-refractivity contribution is -0.121. The van der Waals surface area contributed by atoms with Crippen LogP contribution in [0.2, 0.25) is 0 Å². The number of hydrogen-bond donors (Lipinski definition) is 3. The average Bonchev–Trinajstić information content (AvgIpc) is 3.19. The lowest BCUT2D eigenvalue weighted by atomic mass is 10.1. The zero-order valence-electron chi connectivity index (χ0n) is 31.5. The van der Waals surface area contributed by atoms with Crippen LogP contribution in [-0.2, 0) is 17.8 Å². The number of nitrogens with zero attached hydrogens (tertiary/aromatic N) is 4. The summed E-state index contributed by atoms with van der Waals surface area (Å²) in [6.07, 6.45) is 3.40. The third-order valence-corrected chi connectivity index (χ3v) is 9.53. The molecular formula is C43H49N7O4. The zero-order chi connectivity index (χ0) is 37.9. The van der Waals surface area contributed by atoms with Gasteiger partial charge in [-0.1, -0.05) is 61.5 Å². The molecule has 1 aromatic heterocycles. The molecule has 280 valence electrons. The zero-order valence-corrected chi connectivity index (χ0v) is 31.5. The van der Waals surface area contributed by atoms with E-state index in [1.54, 1.807) is 13.2 Å². The van der Waals surface area contributed by atoms with Crippen molar-refractivity contribution in [2.75, 3.05) is 55.4 Å². The fourth-order valence-corrected chi connectivity index (χ4v) is 6.49. The SMILES string of the molecule is CCCN1CCN(c2ccc(Nc3ncc(C(=O)Nc4c(C)cccc4C)c(Oc4cc(CCC(=O)NCc5ccccc5)ccc4OC)n3)cc2)CC1. The summed E-state index contributed by atoms with van der Waals surface area (Å²) in [4.78, 5) is 40.6. The van der Waals surface area contributed by atoms with Gasteiger partial charge in [-0.2, -0.15) is 4.98 Å². The van der Waals surface area contributed by atoms with E-state index in [1.165, 1.54) is 18.3 Å². The standard InChI is InChI=1S/C43H49N7O4/c1-5-22-49-23-25-50(26-24-49)35-18-16-34(17-19-35)46-43-45-29-36(41(52)47-40-30(2)10-9-11-31(40)3)42(48-43)54-38-27-32(14-20-37(38)53-4)15-21-39(51)44-28-33-12-7-6-8-13-33/h6-14,16-20,27,29H,5,15,21-26,28H2,1-4H3,(H,44,51)(H,47,52)(H,45,46,48). The first-order valence-electron chi connectivity index (χ1n) is 18.5. The highest BCUT2D eigenvalue weighted by Gasteiger charge is 2.21. The summed E-state index contributed by atoms with van der Waals surface area (Å²) < 4.78 is 12.1. The number of methoxy groups -OCH3 is 1. The number of ether oxygens (including phenoxy) is 2. The van der Waals surface area contributed by atoms with Gasteiger partial charge in [0.05, 0.1) is 7.11 Å². The first-order chi connectivity index (χ1) is 26.3. The number of amides is 2. The summed E-state index contributed by atoms with van der Waals surface area (Å²) >= 11 is 0. The molecule has 1 fully saturated rings. The third kappa shape index (κ3) is 9.93. The molecule has 2 amide bonds. The number of aromatic nitrogens is 2. The van der Waals surface area contributed by atoms with E-state index in [-0.39, 0.29) is 29.7 Å². The molecule has 1 saturated heterocycles. The minimum atomic E-state index is -0.414. The maximum atomic E-state index is 13.8. The molecule has 1 aliphatic rings. The summed E-state index contributed by atoms with van der Waals surface area (Å²) in [6, 6.07) is 29.3. The van der Waals surface area contributed by atoms with E-state index in [9.17, 15) is 9.59 Å². The lowest BCUT2D eigenvalue weighted by Crippen LogP contribution is -2.46. The van der Waals surface area contributed by atoms with Crippen LogP contribution in [-0.4, -0.2) is 66.5 Å². The van der Waals surface area contributed by atoms with Gasteiger partial charge in [-0.05, 0) is 91.9 Å². The first-order valence-corrected chi connectivity index (χ1v) is 18.5. The summed E-state index contributed by atoms with van der Waals surface area (Å²) in [5, 5.41) is 9.29. The van der Waals surface area contributed by atoms with Gasteiger partial charge >= 0.3 is 0 Å². The van der Waals surface area contributed by atoms with Crippen molar-refractivity contribution in [3.05, 3.63) is 125 Å². The molecule has 2 heterocycles. The number of rotatable bonds is 15. The summed E-state index contributed by atoms with van der Waals surface area (Å²) in [7, 11) is 1.55. The molecule has 54 heavy (non-hydrogen) atoms. The predicted octanol–water partition coefficient (Wildman–Crippen LogP) is 7.67. The minimum Gasteiger partial charge on any atom is -0.493 e. The number of carbonyl (C=O) groups excluding carboxylic acids is 2. The normalized spacial score (nSPS) is 12.9. The number of para-hydroxylation sites is 1. The van der Waals surface area contributed by atoms with Gasteiger partial charge in [-0.25, -0.2) is 4.98 Å².